The van der Waals surface area contributed by atoms with Crippen LogP contribution in [0.25, 0.3) is 0 Å². The number of amides is 2. The second-order valence-electron chi connectivity index (χ2n) is 9.46. The summed E-state index contributed by atoms with van der Waals surface area (Å²) in [5.74, 6) is -6.45. The number of carboxylic acids is 4. The molecule has 15 heteroatoms. The average molecular weight is 562 g/mol. The lowest BCUT2D eigenvalue weighted by molar-refractivity contribution is -0.310. The molecule has 2 N–H and O–H groups in total. The van der Waals surface area contributed by atoms with Crippen LogP contribution in [0.2, 0.25) is 0 Å². The van der Waals surface area contributed by atoms with E-state index in [2.05, 4.69) is 10.6 Å². The van der Waals surface area contributed by atoms with Crippen LogP contribution in [0.3, 0.4) is 0 Å². The number of rotatable bonds is 18. The number of fused-ring (bicyclic) bond motifs is 1. The van der Waals surface area contributed by atoms with Crippen molar-refractivity contribution in [3.05, 3.63) is 35.1 Å². The number of nitrogens with zero attached hydrogens (tertiary/aromatic N) is 3. The fourth-order valence-corrected chi connectivity index (χ4v) is 4.31. The standard InChI is InChI=1S/C25H35N5O10/c1-16-10-20(31)27-19-11-17(2-3-18(16)19)26-21(32)12-30(15-25(39)40)9-8-29(14-24(37)38)7-6-28(13-23(35)36)5-4-22(33)34/h2-3,11,19H,4-10,12-15H2,1H3,(H,26,32)(H,27,31)(H,33,34)(H,35,36)(H,37,38)(H,39,40)/p-4. The van der Waals surface area contributed by atoms with Crippen LogP contribution in [0.1, 0.15) is 19.8 Å². The fourth-order valence-electron chi connectivity index (χ4n) is 4.31. The summed E-state index contributed by atoms with van der Waals surface area (Å²) in [6.07, 6.45) is 4.94. The van der Waals surface area contributed by atoms with Crippen molar-refractivity contribution < 1.29 is 49.2 Å². The molecule has 0 aromatic carbocycles. The highest BCUT2D eigenvalue weighted by atomic mass is 16.4. The van der Waals surface area contributed by atoms with Gasteiger partial charge in [0.15, 0.2) is 0 Å². The van der Waals surface area contributed by atoms with E-state index in [-0.39, 0.29) is 51.6 Å². The van der Waals surface area contributed by atoms with Crippen molar-refractivity contribution in [1.82, 2.24) is 25.3 Å². The van der Waals surface area contributed by atoms with Crippen molar-refractivity contribution >= 4 is 35.7 Å². The van der Waals surface area contributed by atoms with Crippen LogP contribution in [0, 0.1) is 0 Å². The largest absolute Gasteiger partial charge is 0.550 e. The van der Waals surface area contributed by atoms with Crippen LogP contribution in [-0.4, -0.2) is 115 Å². The molecule has 0 bridgehead atoms. The van der Waals surface area contributed by atoms with Crippen molar-refractivity contribution in [1.29, 1.82) is 0 Å². The molecule has 1 atom stereocenters. The van der Waals surface area contributed by atoms with Crippen LogP contribution in [0.15, 0.2) is 35.1 Å². The Labute approximate surface area is 230 Å². The summed E-state index contributed by atoms with van der Waals surface area (Å²) < 4.78 is 0. The Balaban J connectivity index is 1.99. The first-order valence-electron chi connectivity index (χ1n) is 12.5. The number of nitrogens with one attached hydrogen (secondary N) is 2. The molecule has 2 rings (SSSR count). The number of aliphatic carboxylic acids is 4. The highest BCUT2D eigenvalue weighted by molar-refractivity contribution is 5.83. The zero-order chi connectivity index (χ0) is 29.8. The van der Waals surface area contributed by atoms with Crippen molar-refractivity contribution in [2.75, 3.05) is 58.9 Å². The quantitative estimate of drug-likeness (QED) is 0.159. The predicted molar refractivity (Wildman–Crippen MR) is 129 cm³/mol. The number of carboxylic acid groups (broad SMARTS) is 4. The van der Waals surface area contributed by atoms with E-state index in [1.54, 1.807) is 18.2 Å². The molecule has 0 fully saturated rings. The zero-order valence-corrected chi connectivity index (χ0v) is 22.0. The first kappa shape index (κ1) is 32.1. The van der Waals surface area contributed by atoms with E-state index >= 15 is 0 Å². The Bertz CT molecular complexity index is 1100. The molecule has 0 spiro atoms. The lowest BCUT2D eigenvalue weighted by atomic mass is 9.91. The van der Waals surface area contributed by atoms with E-state index in [0.29, 0.717) is 5.70 Å². The van der Waals surface area contributed by atoms with Crippen molar-refractivity contribution in [2.45, 2.75) is 25.8 Å². The molecule has 40 heavy (non-hydrogen) atoms. The maximum atomic E-state index is 12.7. The van der Waals surface area contributed by atoms with Crippen LogP contribution in [0.4, 0.5) is 0 Å². The highest BCUT2D eigenvalue weighted by Gasteiger charge is 2.25. The molecule has 0 saturated carbocycles. The highest BCUT2D eigenvalue weighted by Crippen LogP contribution is 2.24. The van der Waals surface area contributed by atoms with Crippen LogP contribution in [-0.2, 0) is 28.8 Å². The van der Waals surface area contributed by atoms with Gasteiger partial charge in [0.25, 0.3) is 0 Å². The molecule has 2 amide bonds. The number of hydrogen-bond acceptors (Lipinski definition) is 13. The molecule has 1 aliphatic carbocycles. The molecule has 1 aliphatic heterocycles. The van der Waals surface area contributed by atoms with Gasteiger partial charge in [-0.15, -0.1) is 0 Å². The van der Waals surface area contributed by atoms with Gasteiger partial charge >= 0.3 is 0 Å². The number of hydrogen-bond donors (Lipinski definition) is 2. The fraction of sp³-hybridized carbons (Fsp3) is 0.520. The lowest BCUT2D eigenvalue weighted by Crippen LogP contribution is -2.49. The van der Waals surface area contributed by atoms with Gasteiger partial charge in [0.1, 0.15) is 0 Å². The van der Waals surface area contributed by atoms with Gasteiger partial charge in [-0.3, -0.25) is 24.3 Å². The Hall–Kier alpha value is -4.08. The minimum Gasteiger partial charge on any atom is -0.550 e. The third-order valence-electron chi connectivity index (χ3n) is 6.16. The minimum atomic E-state index is -1.46. The summed E-state index contributed by atoms with van der Waals surface area (Å²) in [5, 5.41) is 49.7. The van der Waals surface area contributed by atoms with Gasteiger partial charge in [0, 0.05) is 70.4 Å². The number of carbonyl (C=O) groups excluding carboxylic acids is 6. The topological polar surface area (TPSA) is 228 Å². The van der Waals surface area contributed by atoms with Crippen LogP contribution >= 0.6 is 0 Å². The number of carbonyl (C=O) groups is 6. The summed E-state index contributed by atoms with van der Waals surface area (Å²) >= 11 is 0. The van der Waals surface area contributed by atoms with E-state index in [1.807, 2.05) is 6.92 Å². The molecule has 0 saturated heterocycles. The van der Waals surface area contributed by atoms with Gasteiger partial charge in [0.2, 0.25) is 11.8 Å². The van der Waals surface area contributed by atoms with Gasteiger partial charge in [-0.1, -0.05) is 11.6 Å². The van der Waals surface area contributed by atoms with Gasteiger partial charge in [0.05, 0.1) is 30.5 Å². The molecule has 220 valence electrons. The summed E-state index contributed by atoms with van der Waals surface area (Å²) in [6.45, 7) is -0.680. The summed E-state index contributed by atoms with van der Waals surface area (Å²) in [4.78, 5) is 72.5. The molecule has 1 heterocycles. The minimum absolute atomic E-state index is 0.0281. The summed E-state index contributed by atoms with van der Waals surface area (Å²) in [5.41, 5.74) is 2.24. The molecule has 0 aromatic heterocycles. The molecular weight excluding hydrogens is 530 g/mol. The Morgan fingerprint density at radius 1 is 0.800 bits per heavy atom. The summed E-state index contributed by atoms with van der Waals surface area (Å²) in [7, 11) is 0. The SMILES string of the molecule is CC1=C2C=CC(NC(=O)CN(CCN(CCN(CCC(=O)[O-])CC(=O)[O-])CC(=O)[O-])CC(=O)[O-])=CC2NC(=O)C1. The molecule has 2 aliphatic rings. The van der Waals surface area contributed by atoms with Gasteiger partial charge < -0.3 is 50.2 Å². The Morgan fingerprint density at radius 3 is 1.88 bits per heavy atom. The number of allylic oxidation sites excluding steroid dienone is 1. The Kier molecular flexibility index (Phi) is 12.4. The van der Waals surface area contributed by atoms with Gasteiger partial charge in [-0.2, -0.15) is 0 Å². The predicted octanol–water partition coefficient (Wildman–Crippen LogP) is -6.94. The van der Waals surface area contributed by atoms with E-state index in [9.17, 15) is 49.2 Å². The van der Waals surface area contributed by atoms with E-state index in [0.717, 1.165) is 11.1 Å². The third kappa shape index (κ3) is 11.8. The van der Waals surface area contributed by atoms with Crippen molar-refractivity contribution in [3.63, 3.8) is 0 Å². The molecular formula is C25H31N5O10-4. The van der Waals surface area contributed by atoms with Crippen molar-refractivity contribution in [2.24, 2.45) is 0 Å². The Morgan fingerprint density at radius 2 is 1.32 bits per heavy atom. The van der Waals surface area contributed by atoms with Crippen LogP contribution < -0.4 is 31.1 Å². The molecule has 0 radical (unpaired) electrons. The second-order valence-corrected chi connectivity index (χ2v) is 9.46. The maximum Gasteiger partial charge on any atom is 0.238 e. The van der Waals surface area contributed by atoms with Gasteiger partial charge in [-0.25, -0.2) is 0 Å². The van der Waals surface area contributed by atoms with Gasteiger partial charge in [-0.05, 0) is 31.1 Å². The zero-order valence-electron chi connectivity index (χ0n) is 22.0. The third-order valence-corrected chi connectivity index (χ3v) is 6.16. The smallest absolute Gasteiger partial charge is 0.238 e. The van der Waals surface area contributed by atoms with Crippen molar-refractivity contribution in [3.8, 4) is 0 Å². The van der Waals surface area contributed by atoms with Crippen LogP contribution in [0.5, 0.6) is 0 Å². The summed E-state index contributed by atoms with van der Waals surface area (Å²) in [6, 6.07) is -0.401. The molecule has 1 unspecified atom stereocenters. The first-order chi connectivity index (χ1) is 18.8. The average Bonchev–Trinajstić information content (AvgIpc) is 2.82. The van der Waals surface area contributed by atoms with E-state index in [4.69, 9.17) is 0 Å². The van der Waals surface area contributed by atoms with E-state index < -0.39 is 61.9 Å². The first-order valence-corrected chi connectivity index (χ1v) is 12.5. The molecule has 15 nitrogen and oxygen atoms in total. The molecule has 0 aromatic rings. The second kappa shape index (κ2) is 15.5. The normalized spacial score (nSPS) is 16.6. The lowest BCUT2D eigenvalue weighted by Gasteiger charge is -2.31. The monoisotopic (exact) mass is 561 g/mol. The van der Waals surface area contributed by atoms with E-state index in [1.165, 1.54) is 14.7 Å². The maximum absolute atomic E-state index is 12.7.